The molecule has 0 bridgehead atoms. The maximum Gasteiger partial charge on any atom is 0.223 e. The third kappa shape index (κ3) is 4.29. The van der Waals surface area contributed by atoms with E-state index in [0.717, 1.165) is 43.7 Å². The SMILES string of the molecule is COc1cc2c(cc1OC)[C@H]([C@@H](C)NC(=O)C1CC1)[NH+](Cc1ccc(F)cc1)CC2. The normalized spacial score (nSPS) is 21.5. The lowest BCUT2D eigenvalue weighted by Crippen LogP contribution is -3.13. The molecule has 2 N–H and O–H groups in total. The van der Waals surface area contributed by atoms with E-state index in [1.807, 2.05) is 12.1 Å². The molecule has 1 aliphatic carbocycles. The van der Waals surface area contributed by atoms with Crippen molar-refractivity contribution < 1.29 is 23.6 Å². The zero-order valence-corrected chi connectivity index (χ0v) is 17.8. The predicted octanol–water partition coefficient (Wildman–Crippen LogP) is 2.44. The van der Waals surface area contributed by atoms with Gasteiger partial charge in [-0.05, 0) is 49.6 Å². The molecular formula is C24H30FN2O3+. The molecule has 1 aliphatic heterocycles. The molecule has 4 rings (SSSR count). The summed E-state index contributed by atoms with van der Waals surface area (Å²) in [6, 6.07) is 10.9. The molecule has 2 aromatic rings. The number of benzene rings is 2. The maximum absolute atomic E-state index is 13.4. The second-order valence-electron chi connectivity index (χ2n) is 8.42. The minimum absolute atomic E-state index is 0.0364. The highest BCUT2D eigenvalue weighted by Gasteiger charge is 2.39. The van der Waals surface area contributed by atoms with Crippen molar-refractivity contribution in [1.82, 2.24) is 5.32 Å². The Hall–Kier alpha value is -2.60. The van der Waals surface area contributed by atoms with Crippen LogP contribution < -0.4 is 19.7 Å². The average Bonchev–Trinajstić information content (AvgIpc) is 3.59. The highest BCUT2D eigenvalue weighted by molar-refractivity contribution is 5.81. The van der Waals surface area contributed by atoms with Crippen LogP contribution in [-0.2, 0) is 17.8 Å². The Labute approximate surface area is 177 Å². The number of halogens is 1. The number of ether oxygens (including phenoxy) is 2. The van der Waals surface area contributed by atoms with Crippen molar-refractivity contribution in [1.29, 1.82) is 0 Å². The van der Waals surface area contributed by atoms with Crippen LogP contribution in [0.25, 0.3) is 0 Å². The van der Waals surface area contributed by atoms with Crippen molar-refractivity contribution in [2.45, 2.75) is 44.8 Å². The molecule has 0 saturated heterocycles. The summed E-state index contributed by atoms with van der Waals surface area (Å²) in [4.78, 5) is 13.8. The van der Waals surface area contributed by atoms with Gasteiger partial charge in [-0.1, -0.05) is 12.1 Å². The molecule has 1 saturated carbocycles. The molecule has 1 amide bonds. The summed E-state index contributed by atoms with van der Waals surface area (Å²) in [6.45, 7) is 3.78. The minimum atomic E-state index is -0.226. The maximum atomic E-state index is 13.4. The summed E-state index contributed by atoms with van der Waals surface area (Å²) in [5.74, 6) is 1.52. The highest BCUT2D eigenvalue weighted by Crippen LogP contribution is 2.35. The number of hydrogen-bond acceptors (Lipinski definition) is 3. The number of rotatable bonds is 7. The Balaban J connectivity index is 1.67. The molecule has 0 radical (unpaired) electrons. The van der Waals surface area contributed by atoms with Gasteiger partial charge in [0.15, 0.2) is 11.5 Å². The van der Waals surface area contributed by atoms with E-state index in [4.69, 9.17) is 9.47 Å². The van der Waals surface area contributed by atoms with Crippen molar-refractivity contribution in [3.63, 3.8) is 0 Å². The molecule has 0 aromatic heterocycles. The van der Waals surface area contributed by atoms with Crippen molar-refractivity contribution in [2.75, 3.05) is 20.8 Å². The molecule has 0 spiro atoms. The van der Waals surface area contributed by atoms with Gasteiger partial charge in [0.05, 0.1) is 26.8 Å². The first-order valence-electron chi connectivity index (χ1n) is 10.6. The van der Waals surface area contributed by atoms with Gasteiger partial charge >= 0.3 is 0 Å². The van der Waals surface area contributed by atoms with Crippen molar-refractivity contribution >= 4 is 5.91 Å². The third-order valence-corrected chi connectivity index (χ3v) is 6.30. The van der Waals surface area contributed by atoms with E-state index in [2.05, 4.69) is 24.4 Å². The fourth-order valence-electron chi connectivity index (χ4n) is 4.57. The van der Waals surface area contributed by atoms with Gasteiger partial charge in [0.2, 0.25) is 5.91 Å². The predicted molar refractivity (Wildman–Crippen MR) is 112 cm³/mol. The zero-order valence-electron chi connectivity index (χ0n) is 17.8. The largest absolute Gasteiger partial charge is 0.493 e. The summed E-state index contributed by atoms with van der Waals surface area (Å²) < 4.78 is 24.4. The second kappa shape index (κ2) is 8.64. The summed E-state index contributed by atoms with van der Waals surface area (Å²) in [6.07, 6.45) is 2.87. The van der Waals surface area contributed by atoms with E-state index in [1.54, 1.807) is 14.2 Å². The van der Waals surface area contributed by atoms with E-state index in [-0.39, 0.29) is 29.7 Å². The Morgan fingerprint density at radius 3 is 2.47 bits per heavy atom. The molecule has 6 heteroatoms. The number of hydrogen-bond donors (Lipinski definition) is 2. The van der Waals surface area contributed by atoms with Gasteiger partial charge in [-0.3, -0.25) is 4.79 Å². The van der Waals surface area contributed by atoms with Gasteiger partial charge in [-0.25, -0.2) is 4.39 Å². The van der Waals surface area contributed by atoms with Crippen LogP contribution in [0.15, 0.2) is 36.4 Å². The average molecular weight is 414 g/mol. The van der Waals surface area contributed by atoms with Crippen LogP contribution in [0.1, 0.15) is 42.5 Å². The second-order valence-corrected chi connectivity index (χ2v) is 8.42. The van der Waals surface area contributed by atoms with Gasteiger partial charge in [0.25, 0.3) is 0 Å². The lowest BCUT2D eigenvalue weighted by molar-refractivity contribution is -0.948. The Morgan fingerprint density at radius 2 is 1.83 bits per heavy atom. The first-order chi connectivity index (χ1) is 14.5. The van der Waals surface area contributed by atoms with Crippen LogP contribution in [-0.4, -0.2) is 32.7 Å². The molecule has 160 valence electrons. The highest BCUT2D eigenvalue weighted by atomic mass is 19.1. The van der Waals surface area contributed by atoms with Crippen LogP contribution in [0.2, 0.25) is 0 Å². The lowest BCUT2D eigenvalue weighted by atomic mass is 9.87. The molecule has 5 nitrogen and oxygen atoms in total. The van der Waals surface area contributed by atoms with Gasteiger partial charge in [0, 0.05) is 23.5 Å². The van der Waals surface area contributed by atoms with E-state index >= 15 is 0 Å². The molecule has 3 atom stereocenters. The summed E-state index contributed by atoms with van der Waals surface area (Å²) >= 11 is 0. The van der Waals surface area contributed by atoms with Gasteiger partial charge in [-0.2, -0.15) is 0 Å². The quantitative estimate of drug-likeness (QED) is 0.733. The molecule has 1 fully saturated rings. The summed E-state index contributed by atoms with van der Waals surface area (Å²) in [5.41, 5.74) is 3.49. The van der Waals surface area contributed by atoms with Crippen LogP contribution in [0.4, 0.5) is 4.39 Å². The topological polar surface area (TPSA) is 52.0 Å². The number of amides is 1. The van der Waals surface area contributed by atoms with Crippen LogP contribution >= 0.6 is 0 Å². The molecule has 1 unspecified atom stereocenters. The molecule has 2 aromatic carbocycles. The minimum Gasteiger partial charge on any atom is -0.493 e. The Morgan fingerprint density at radius 1 is 1.17 bits per heavy atom. The Bertz CT molecular complexity index is 911. The Kier molecular flexibility index (Phi) is 5.95. The number of methoxy groups -OCH3 is 2. The number of carbonyl (C=O) groups excluding carboxylic acids is 1. The lowest BCUT2D eigenvalue weighted by Gasteiger charge is -2.38. The van der Waals surface area contributed by atoms with Gasteiger partial charge in [0.1, 0.15) is 18.4 Å². The zero-order chi connectivity index (χ0) is 21.3. The smallest absolute Gasteiger partial charge is 0.223 e. The van der Waals surface area contributed by atoms with Crippen LogP contribution in [0, 0.1) is 11.7 Å². The van der Waals surface area contributed by atoms with Crippen LogP contribution in [0.5, 0.6) is 11.5 Å². The van der Waals surface area contributed by atoms with Gasteiger partial charge < -0.3 is 19.7 Å². The molecule has 1 heterocycles. The number of quaternary nitrogens is 1. The first-order valence-corrected chi connectivity index (χ1v) is 10.6. The summed E-state index contributed by atoms with van der Waals surface area (Å²) in [5, 5.41) is 3.25. The summed E-state index contributed by atoms with van der Waals surface area (Å²) in [7, 11) is 3.29. The van der Waals surface area contributed by atoms with E-state index in [1.165, 1.54) is 28.2 Å². The van der Waals surface area contributed by atoms with E-state index in [0.29, 0.717) is 5.75 Å². The van der Waals surface area contributed by atoms with Crippen molar-refractivity contribution in [3.05, 3.63) is 58.9 Å². The monoisotopic (exact) mass is 413 g/mol. The van der Waals surface area contributed by atoms with Crippen molar-refractivity contribution in [2.24, 2.45) is 5.92 Å². The van der Waals surface area contributed by atoms with E-state index in [9.17, 15) is 9.18 Å². The fourth-order valence-corrected chi connectivity index (χ4v) is 4.57. The van der Waals surface area contributed by atoms with Crippen molar-refractivity contribution in [3.8, 4) is 11.5 Å². The number of carbonyl (C=O) groups is 1. The molecule has 2 aliphatic rings. The first kappa shape index (κ1) is 20.7. The number of nitrogens with one attached hydrogen (secondary N) is 2. The molecular weight excluding hydrogens is 383 g/mol. The van der Waals surface area contributed by atoms with Crippen LogP contribution in [0.3, 0.4) is 0 Å². The fraction of sp³-hybridized carbons (Fsp3) is 0.458. The third-order valence-electron chi connectivity index (χ3n) is 6.30. The standard InChI is InChI=1S/C24H29FN2O3/c1-15(26-24(28)17-6-7-17)23-20-13-22(30-3)21(29-2)12-18(20)10-11-27(23)14-16-4-8-19(25)9-5-16/h4-5,8-9,12-13,15,17,23H,6-7,10-11,14H2,1-3H3,(H,26,28)/p+1/t15-,23+/m1/s1. The molecule has 30 heavy (non-hydrogen) atoms. The van der Waals surface area contributed by atoms with E-state index < -0.39 is 0 Å². The van der Waals surface area contributed by atoms with Gasteiger partial charge in [-0.15, -0.1) is 0 Å². The number of fused-ring (bicyclic) bond motifs is 1.